The van der Waals surface area contributed by atoms with Crippen molar-refractivity contribution in [1.29, 1.82) is 0 Å². The van der Waals surface area contributed by atoms with Crippen LogP contribution in [0.2, 0.25) is 0 Å². The molecule has 1 aliphatic rings. The van der Waals surface area contributed by atoms with E-state index < -0.39 is 0 Å². The fourth-order valence-electron chi connectivity index (χ4n) is 2.55. The molecule has 0 aromatic heterocycles. The Morgan fingerprint density at radius 3 is 2.53 bits per heavy atom. The van der Waals surface area contributed by atoms with Gasteiger partial charge in [-0.05, 0) is 41.7 Å². The zero-order valence-electron chi connectivity index (χ0n) is 10.5. The zero-order valence-corrected chi connectivity index (χ0v) is 10.5. The summed E-state index contributed by atoms with van der Waals surface area (Å²) < 4.78 is 5.92. The van der Waals surface area contributed by atoms with Crippen molar-refractivity contribution in [1.82, 2.24) is 0 Å². The third-order valence-electron chi connectivity index (χ3n) is 3.50. The molecule has 1 unspecified atom stereocenters. The largest absolute Gasteiger partial charge is 0.504 e. The Hall–Kier alpha value is -2.00. The van der Waals surface area contributed by atoms with E-state index in [4.69, 9.17) is 4.74 Å². The molecule has 98 valence electrons. The van der Waals surface area contributed by atoms with Crippen molar-refractivity contribution in [2.24, 2.45) is 0 Å². The van der Waals surface area contributed by atoms with E-state index in [-0.39, 0.29) is 17.6 Å². The first-order chi connectivity index (χ1) is 9.25. The van der Waals surface area contributed by atoms with Crippen molar-refractivity contribution in [2.75, 3.05) is 6.61 Å². The Morgan fingerprint density at radius 2 is 1.74 bits per heavy atom. The van der Waals surface area contributed by atoms with Crippen LogP contribution in [0.4, 0.5) is 0 Å². The average Bonchev–Trinajstić information content (AvgIpc) is 2.63. The van der Waals surface area contributed by atoms with Gasteiger partial charge in [-0.3, -0.25) is 0 Å². The minimum atomic E-state index is -0.176. The molecule has 1 heterocycles. The van der Waals surface area contributed by atoms with Crippen molar-refractivity contribution >= 4 is 0 Å². The monoisotopic (exact) mass is 256 g/mol. The van der Waals surface area contributed by atoms with E-state index >= 15 is 0 Å². The van der Waals surface area contributed by atoms with Crippen LogP contribution in [0.1, 0.15) is 29.2 Å². The smallest absolute Gasteiger partial charge is 0.157 e. The normalized spacial score (nSPS) is 18.6. The predicted octanol–water partition coefficient (Wildman–Crippen LogP) is 3.15. The van der Waals surface area contributed by atoms with Crippen LogP contribution in [0.15, 0.2) is 42.5 Å². The number of aromatic hydroxyl groups is 2. The summed E-state index contributed by atoms with van der Waals surface area (Å²) in [6.45, 7) is 0.676. The Bertz CT molecular complexity index is 578. The van der Waals surface area contributed by atoms with E-state index in [9.17, 15) is 10.2 Å². The molecular formula is C16H16O3. The highest BCUT2D eigenvalue weighted by Gasteiger charge is 2.22. The van der Waals surface area contributed by atoms with Crippen LogP contribution < -0.4 is 0 Å². The molecule has 3 heteroatoms. The van der Waals surface area contributed by atoms with E-state index in [0.29, 0.717) is 6.61 Å². The quantitative estimate of drug-likeness (QED) is 0.771. The van der Waals surface area contributed by atoms with Gasteiger partial charge in [0.25, 0.3) is 0 Å². The molecule has 0 saturated heterocycles. The van der Waals surface area contributed by atoms with Gasteiger partial charge in [0.2, 0.25) is 0 Å². The van der Waals surface area contributed by atoms with Gasteiger partial charge in [-0.15, -0.1) is 0 Å². The van der Waals surface area contributed by atoms with Gasteiger partial charge in [0, 0.05) is 6.61 Å². The van der Waals surface area contributed by atoms with E-state index in [2.05, 4.69) is 0 Å². The van der Waals surface area contributed by atoms with Crippen molar-refractivity contribution in [3.63, 3.8) is 0 Å². The average molecular weight is 256 g/mol. The van der Waals surface area contributed by atoms with Gasteiger partial charge >= 0.3 is 0 Å². The van der Waals surface area contributed by atoms with Crippen LogP contribution in [0.25, 0.3) is 0 Å². The summed E-state index contributed by atoms with van der Waals surface area (Å²) in [5, 5.41) is 19.4. The molecule has 19 heavy (non-hydrogen) atoms. The van der Waals surface area contributed by atoms with Crippen LogP contribution >= 0.6 is 0 Å². The van der Waals surface area contributed by atoms with Crippen LogP contribution in [0.3, 0.4) is 0 Å². The number of fused-ring (bicyclic) bond motifs is 1. The van der Waals surface area contributed by atoms with Crippen molar-refractivity contribution in [2.45, 2.75) is 18.9 Å². The minimum Gasteiger partial charge on any atom is -0.504 e. The van der Waals surface area contributed by atoms with E-state index in [1.54, 1.807) is 12.1 Å². The standard InChI is InChI=1S/C16H16O3/c17-14-9-12-7-4-8-19-16(13(12)10-15(14)18)11-5-2-1-3-6-11/h1-3,5-6,9-10,16-18H,4,7-8H2. The second-order valence-corrected chi connectivity index (χ2v) is 4.80. The van der Waals surface area contributed by atoms with Crippen molar-refractivity contribution in [3.8, 4) is 11.5 Å². The minimum absolute atomic E-state index is 0.0625. The second-order valence-electron chi connectivity index (χ2n) is 4.80. The number of phenols is 2. The zero-order chi connectivity index (χ0) is 13.2. The summed E-state index contributed by atoms with van der Waals surface area (Å²) in [4.78, 5) is 0. The number of hydrogen-bond donors (Lipinski definition) is 2. The van der Waals surface area contributed by atoms with Gasteiger partial charge in [-0.2, -0.15) is 0 Å². The molecule has 1 atom stereocenters. The number of hydrogen-bond acceptors (Lipinski definition) is 3. The maximum atomic E-state index is 9.73. The van der Waals surface area contributed by atoms with E-state index in [1.165, 1.54) is 0 Å². The fraction of sp³-hybridized carbons (Fsp3) is 0.250. The SMILES string of the molecule is Oc1cc2c(cc1O)C(c1ccccc1)OCCC2. The lowest BCUT2D eigenvalue weighted by Gasteiger charge is -2.19. The molecule has 0 fully saturated rings. The summed E-state index contributed by atoms with van der Waals surface area (Å²) in [7, 11) is 0. The molecule has 2 aromatic rings. The van der Waals surface area contributed by atoms with E-state index in [1.807, 2.05) is 30.3 Å². The van der Waals surface area contributed by atoms with Gasteiger partial charge in [-0.25, -0.2) is 0 Å². The highest BCUT2D eigenvalue weighted by atomic mass is 16.5. The maximum absolute atomic E-state index is 9.73. The lowest BCUT2D eigenvalue weighted by Crippen LogP contribution is -2.06. The third kappa shape index (κ3) is 2.29. The van der Waals surface area contributed by atoms with Crippen molar-refractivity contribution in [3.05, 3.63) is 59.2 Å². The lowest BCUT2D eigenvalue weighted by molar-refractivity contribution is 0.0841. The van der Waals surface area contributed by atoms with Crippen LogP contribution in [0, 0.1) is 0 Å². The van der Waals surface area contributed by atoms with Gasteiger partial charge in [0.1, 0.15) is 6.10 Å². The number of benzene rings is 2. The van der Waals surface area contributed by atoms with Crippen LogP contribution in [-0.2, 0) is 11.2 Å². The molecule has 0 spiro atoms. The highest BCUT2D eigenvalue weighted by molar-refractivity contribution is 5.48. The van der Waals surface area contributed by atoms with Crippen molar-refractivity contribution < 1.29 is 14.9 Å². The number of phenolic OH excluding ortho intramolecular Hbond substituents is 2. The fourth-order valence-corrected chi connectivity index (χ4v) is 2.55. The molecule has 0 bridgehead atoms. The molecule has 0 amide bonds. The Balaban J connectivity index is 2.11. The van der Waals surface area contributed by atoms with Gasteiger partial charge < -0.3 is 14.9 Å². The number of aryl methyl sites for hydroxylation is 1. The third-order valence-corrected chi connectivity index (χ3v) is 3.50. The van der Waals surface area contributed by atoms with Gasteiger partial charge in [-0.1, -0.05) is 30.3 Å². The highest BCUT2D eigenvalue weighted by Crippen LogP contribution is 2.37. The van der Waals surface area contributed by atoms with Crippen LogP contribution in [0.5, 0.6) is 11.5 Å². The summed E-state index contributed by atoms with van der Waals surface area (Å²) in [5.74, 6) is -0.155. The number of ether oxygens (including phenoxy) is 1. The lowest BCUT2D eigenvalue weighted by atomic mass is 9.95. The van der Waals surface area contributed by atoms with Gasteiger partial charge in [0.05, 0.1) is 0 Å². The first-order valence-corrected chi connectivity index (χ1v) is 6.47. The Labute approximate surface area is 112 Å². The number of rotatable bonds is 1. The molecule has 2 aromatic carbocycles. The summed E-state index contributed by atoms with van der Waals surface area (Å²) >= 11 is 0. The molecule has 2 N–H and O–H groups in total. The molecule has 0 radical (unpaired) electrons. The first kappa shape index (κ1) is 12.1. The molecular weight excluding hydrogens is 240 g/mol. The predicted molar refractivity (Wildman–Crippen MR) is 72.3 cm³/mol. The summed E-state index contributed by atoms with van der Waals surface area (Å²) in [6, 6.07) is 13.2. The second kappa shape index (κ2) is 4.94. The first-order valence-electron chi connectivity index (χ1n) is 6.47. The molecule has 1 aliphatic heterocycles. The molecule has 3 nitrogen and oxygen atoms in total. The van der Waals surface area contributed by atoms with Crippen LogP contribution in [-0.4, -0.2) is 16.8 Å². The topological polar surface area (TPSA) is 49.7 Å². The summed E-state index contributed by atoms with van der Waals surface area (Å²) in [6.07, 6.45) is 1.60. The van der Waals surface area contributed by atoms with Gasteiger partial charge in [0.15, 0.2) is 11.5 Å². The Kier molecular flexibility index (Phi) is 3.13. The maximum Gasteiger partial charge on any atom is 0.157 e. The molecule has 0 saturated carbocycles. The van der Waals surface area contributed by atoms with E-state index in [0.717, 1.165) is 29.5 Å². The molecule has 3 rings (SSSR count). The Morgan fingerprint density at radius 1 is 1.00 bits per heavy atom. The summed E-state index contributed by atoms with van der Waals surface area (Å²) in [5.41, 5.74) is 3.05. The molecule has 0 aliphatic carbocycles.